The van der Waals surface area contributed by atoms with Gasteiger partial charge in [0.15, 0.2) is 5.65 Å². The lowest BCUT2D eigenvalue weighted by atomic mass is 10.0. The Kier molecular flexibility index (Phi) is 4.35. The molecule has 3 aromatic heterocycles. The molecule has 1 aliphatic rings. The number of aromatic nitrogens is 3. The Balaban J connectivity index is 1.44. The molecule has 26 heavy (non-hydrogen) atoms. The normalized spacial score (nSPS) is 15.8. The van der Waals surface area contributed by atoms with Crippen LogP contribution < -0.4 is 5.56 Å². The highest BCUT2D eigenvalue weighted by Gasteiger charge is 2.24. The summed E-state index contributed by atoms with van der Waals surface area (Å²) in [5.74, 6) is 0.601. The van der Waals surface area contributed by atoms with Crippen LogP contribution in [0.15, 0.2) is 58.3 Å². The van der Waals surface area contributed by atoms with Gasteiger partial charge in [-0.3, -0.25) is 14.2 Å². The van der Waals surface area contributed by atoms with E-state index in [1.807, 2.05) is 0 Å². The molecular weight excluding hydrogens is 332 g/mol. The predicted molar refractivity (Wildman–Crippen MR) is 96.4 cm³/mol. The molecule has 4 heterocycles. The van der Waals surface area contributed by atoms with Crippen LogP contribution in [0.5, 0.6) is 0 Å². The minimum Gasteiger partial charge on any atom is -0.465 e. The van der Waals surface area contributed by atoms with E-state index in [-0.39, 0.29) is 17.5 Å². The number of piperidine rings is 1. The molecule has 0 N–H and O–H groups in total. The van der Waals surface area contributed by atoms with Crippen molar-refractivity contribution in [1.82, 2.24) is 19.4 Å². The Hall–Kier alpha value is -3.22. The Morgan fingerprint density at radius 3 is 2.81 bits per heavy atom. The summed E-state index contributed by atoms with van der Waals surface area (Å²) in [5, 5.41) is 0.523. The van der Waals surface area contributed by atoms with Gasteiger partial charge in [0.25, 0.3) is 5.56 Å². The van der Waals surface area contributed by atoms with Crippen LogP contribution in [0.3, 0.4) is 0 Å². The van der Waals surface area contributed by atoms with Gasteiger partial charge in [0.2, 0.25) is 5.91 Å². The molecule has 3 aromatic rings. The third-order valence-electron chi connectivity index (χ3n) is 4.66. The summed E-state index contributed by atoms with van der Waals surface area (Å²) in [6, 6.07) is 7.09. The van der Waals surface area contributed by atoms with Crippen molar-refractivity contribution in [3.63, 3.8) is 0 Å². The first-order valence-electron chi connectivity index (χ1n) is 8.55. The van der Waals surface area contributed by atoms with Crippen molar-refractivity contribution >= 4 is 23.0 Å². The zero-order chi connectivity index (χ0) is 17.9. The summed E-state index contributed by atoms with van der Waals surface area (Å²) in [6.07, 6.45) is 9.38. The smallest absolute Gasteiger partial charge is 0.263 e. The van der Waals surface area contributed by atoms with E-state index >= 15 is 0 Å². The zero-order valence-electron chi connectivity index (χ0n) is 14.1. The molecule has 4 rings (SSSR count). The van der Waals surface area contributed by atoms with Gasteiger partial charge < -0.3 is 9.32 Å². The van der Waals surface area contributed by atoms with Crippen LogP contribution in [0.1, 0.15) is 24.6 Å². The fourth-order valence-electron chi connectivity index (χ4n) is 3.24. The second-order valence-electron chi connectivity index (χ2n) is 6.24. The minimum atomic E-state index is -0.0782. The van der Waals surface area contributed by atoms with Crippen LogP contribution in [0.25, 0.3) is 17.1 Å². The number of hydrogen-bond donors (Lipinski definition) is 0. The molecule has 0 saturated carbocycles. The maximum absolute atomic E-state index is 12.7. The average molecular weight is 350 g/mol. The van der Waals surface area contributed by atoms with Crippen LogP contribution in [-0.4, -0.2) is 38.4 Å². The molecule has 1 saturated heterocycles. The molecule has 0 radical (unpaired) electrons. The van der Waals surface area contributed by atoms with Gasteiger partial charge in [0, 0.05) is 31.4 Å². The number of amides is 1. The fraction of sp³-hybridized carbons (Fsp3) is 0.263. The number of carbonyl (C=O) groups is 1. The first kappa shape index (κ1) is 16.3. The Bertz CT molecular complexity index is 999. The van der Waals surface area contributed by atoms with Crippen molar-refractivity contribution in [2.75, 3.05) is 13.1 Å². The number of likely N-dealkylation sites (tertiary alicyclic amines) is 1. The standard InChI is InChI=1S/C19H18N4O3/c24-17(6-5-15-3-2-12-26-15)22-10-7-14(8-11-22)23-13-21-18-16(19(23)25)4-1-9-20-18/h1-6,9,12-14H,7-8,10-11H2/b6-5+. The molecule has 7 nitrogen and oxygen atoms in total. The average Bonchev–Trinajstić information content (AvgIpc) is 3.20. The first-order valence-corrected chi connectivity index (χ1v) is 8.55. The van der Waals surface area contributed by atoms with E-state index in [1.54, 1.807) is 58.6 Å². The summed E-state index contributed by atoms with van der Waals surface area (Å²) in [4.78, 5) is 35.1. The monoisotopic (exact) mass is 350 g/mol. The third-order valence-corrected chi connectivity index (χ3v) is 4.66. The van der Waals surface area contributed by atoms with Crippen LogP contribution >= 0.6 is 0 Å². The highest BCUT2D eigenvalue weighted by Crippen LogP contribution is 2.21. The lowest BCUT2D eigenvalue weighted by Gasteiger charge is -2.32. The summed E-state index contributed by atoms with van der Waals surface area (Å²) < 4.78 is 6.86. The molecule has 1 amide bonds. The van der Waals surface area contributed by atoms with Gasteiger partial charge in [0.1, 0.15) is 12.1 Å². The number of nitrogens with zero attached hydrogens (tertiary/aromatic N) is 4. The van der Waals surface area contributed by atoms with E-state index in [4.69, 9.17) is 4.42 Å². The predicted octanol–water partition coefficient (Wildman–Crippen LogP) is 2.26. The number of furan rings is 1. The molecule has 0 bridgehead atoms. The number of carbonyl (C=O) groups excluding carboxylic acids is 1. The molecule has 1 fully saturated rings. The second kappa shape index (κ2) is 6.95. The van der Waals surface area contributed by atoms with Crippen LogP contribution in [-0.2, 0) is 4.79 Å². The van der Waals surface area contributed by atoms with Gasteiger partial charge in [-0.05, 0) is 43.2 Å². The largest absolute Gasteiger partial charge is 0.465 e. The van der Waals surface area contributed by atoms with Gasteiger partial charge in [-0.25, -0.2) is 9.97 Å². The lowest BCUT2D eigenvalue weighted by Crippen LogP contribution is -2.40. The Labute approximate surface area is 149 Å². The van der Waals surface area contributed by atoms with Crippen molar-refractivity contribution in [3.05, 3.63) is 65.2 Å². The molecular formula is C19H18N4O3. The van der Waals surface area contributed by atoms with Crippen molar-refractivity contribution in [1.29, 1.82) is 0 Å². The number of fused-ring (bicyclic) bond motifs is 1. The highest BCUT2D eigenvalue weighted by molar-refractivity contribution is 5.91. The van der Waals surface area contributed by atoms with Crippen LogP contribution in [0, 0.1) is 0 Å². The third kappa shape index (κ3) is 3.15. The quantitative estimate of drug-likeness (QED) is 0.677. The topological polar surface area (TPSA) is 81.2 Å². The minimum absolute atomic E-state index is 0.0395. The van der Waals surface area contributed by atoms with E-state index in [9.17, 15) is 9.59 Å². The Morgan fingerprint density at radius 2 is 2.04 bits per heavy atom. The summed E-state index contributed by atoms with van der Waals surface area (Å²) >= 11 is 0. The van der Waals surface area contributed by atoms with Gasteiger partial charge in [-0.1, -0.05) is 0 Å². The maximum Gasteiger partial charge on any atom is 0.263 e. The molecule has 0 aliphatic carbocycles. The van der Waals surface area contributed by atoms with E-state index in [1.165, 1.54) is 6.08 Å². The number of rotatable bonds is 3. The van der Waals surface area contributed by atoms with E-state index in [0.717, 1.165) is 0 Å². The van der Waals surface area contributed by atoms with Gasteiger partial charge in [-0.15, -0.1) is 0 Å². The molecule has 0 spiro atoms. The van der Waals surface area contributed by atoms with Crippen molar-refractivity contribution in [2.24, 2.45) is 0 Å². The van der Waals surface area contributed by atoms with Crippen LogP contribution in [0.2, 0.25) is 0 Å². The molecule has 7 heteroatoms. The zero-order valence-corrected chi connectivity index (χ0v) is 14.1. The highest BCUT2D eigenvalue weighted by atomic mass is 16.3. The summed E-state index contributed by atoms with van der Waals surface area (Å²) in [5.41, 5.74) is 0.384. The lowest BCUT2D eigenvalue weighted by molar-refractivity contribution is -0.127. The fourth-order valence-corrected chi connectivity index (χ4v) is 3.24. The maximum atomic E-state index is 12.7. The van der Waals surface area contributed by atoms with Crippen molar-refractivity contribution in [2.45, 2.75) is 18.9 Å². The molecule has 0 unspecified atom stereocenters. The Morgan fingerprint density at radius 1 is 1.19 bits per heavy atom. The van der Waals surface area contributed by atoms with Gasteiger partial charge in [-0.2, -0.15) is 0 Å². The molecule has 1 aliphatic heterocycles. The SMILES string of the molecule is O=C(/C=C/c1ccco1)N1CCC(n2cnc3ncccc3c2=O)CC1. The van der Waals surface area contributed by atoms with Crippen molar-refractivity contribution < 1.29 is 9.21 Å². The van der Waals surface area contributed by atoms with E-state index in [0.29, 0.717) is 42.7 Å². The van der Waals surface area contributed by atoms with Crippen molar-refractivity contribution in [3.8, 4) is 0 Å². The van der Waals surface area contributed by atoms with E-state index in [2.05, 4.69) is 9.97 Å². The molecule has 0 aromatic carbocycles. The van der Waals surface area contributed by atoms with Crippen LogP contribution in [0.4, 0.5) is 0 Å². The summed E-state index contributed by atoms with van der Waals surface area (Å²) in [7, 11) is 0. The van der Waals surface area contributed by atoms with E-state index < -0.39 is 0 Å². The van der Waals surface area contributed by atoms with Gasteiger partial charge >= 0.3 is 0 Å². The summed E-state index contributed by atoms with van der Waals surface area (Å²) in [6.45, 7) is 1.20. The molecule has 0 atom stereocenters. The van der Waals surface area contributed by atoms with Gasteiger partial charge in [0.05, 0.1) is 11.6 Å². The number of pyridine rings is 1. The second-order valence-corrected chi connectivity index (χ2v) is 6.24. The first-order chi connectivity index (χ1) is 12.7. The molecule has 132 valence electrons. The number of hydrogen-bond acceptors (Lipinski definition) is 5.